The van der Waals surface area contributed by atoms with Crippen LogP contribution in [0.4, 0.5) is 11.4 Å². The lowest BCUT2D eigenvalue weighted by atomic mass is 10.1. The first-order valence-electron chi connectivity index (χ1n) is 7.31. The van der Waals surface area contributed by atoms with Crippen molar-refractivity contribution in [3.63, 3.8) is 0 Å². The molecule has 114 valence electrons. The molecule has 1 N–H and O–H groups in total. The maximum absolute atomic E-state index is 12.1. The second kappa shape index (κ2) is 6.67. The minimum absolute atomic E-state index is 0.0211. The lowest BCUT2D eigenvalue weighted by Gasteiger charge is -2.22. The van der Waals surface area contributed by atoms with E-state index < -0.39 is 4.92 Å². The van der Waals surface area contributed by atoms with Crippen molar-refractivity contribution in [1.29, 1.82) is 0 Å². The highest BCUT2D eigenvalue weighted by Crippen LogP contribution is 2.32. The Hall–Kier alpha value is -1.95. The summed E-state index contributed by atoms with van der Waals surface area (Å²) in [6.07, 6.45) is 1.34. The molecule has 1 aromatic carbocycles. The van der Waals surface area contributed by atoms with Crippen LogP contribution in [0.15, 0.2) is 18.2 Å². The Morgan fingerprint density at radius 1 is 1.48 bits per heavy atom. The van der Waals surface area contributed by atoms with Crippen molar-refractivity contribution in [2.24, 2.45) is 5.92 Å². The zero-order chi connectivity index (χ0) is 15.4. The van der Waals surface area contributed by atoms with Gasteiger partial charge in [-0.3, -0.25) is 14.9 Å². The number of nitrogens with one attached hydrogen (secondary N) is 1. The molecule has 0 aromatic heterocycles. The number of carbonyl (C=O) groups excluding carboxylic acids is 1. The van der Waals surface area contributed by atoms with Gasteiger partial charge in [-0.25, -0.2) is 0 Å². The van der Waals surface area contributed by atoms with Gasteiger partial charge in [0.1, 0.15) is 0 Å². The molecule has 0 fully saturated rings. The molecule has 6 nitrogen and oxygen atoms in total. The number of nitrogens with zero attached hydrogens (tertiary/aromatic N) is 2. The summed E-state index contributed by atoms with van der Waals surface area (Å²) in [5, 5.41) is 14.1. The number of nitro benzene ring substituents is 1. The zero-order valence-electron chi connectivity index (χ0n) is 12.5. The molecule has 1 atom stereocenters. The van der Waals surface area contributed by atoms with E-state index in [0.717, 1.165) is 30.8 Å². The van der Waals surface area contributed by atoms with E-state index in [1.807, 2.05) is 0 Å². The van der Waals surface area contributed by atoms with Gasteiger partial charge in [0.15, 0.2) is 0 Å². The fourth-order valence-electron chi connectivity index (χ4n) is 2.58. The molecule has 0 radical (unpaired) electrons. The average molecular weight is 291 g/mol. The summed E-state index contributed by atoms with van der Waals surface area (Å²) in [5.41, 5.74) is 1.61. The number of hydrogen-bond donors (Lipinski definition) is 1. The first kappa shape index (κ1) is 15.4. The van der Waals surface area contributed by atoms with Gasteiger partial charge >= 0.3 is 0 Å². The van der Waals surface area contributed by atoms with Gasteiger partial charge in [0, 0.05) is 24.4 Å². The van der Waals surface area contributed by atoms with Crippen LogP contribution in [0.25, 0.3) is 0 Å². The van der Waals surface area contributed by atoms with E-state index in [9.17, 15) is 14.9 Å². The molecule has 1 aromatic rings. The second-order valence-electron chi connectivity index (χ2n) is 5.56. The Labute approximate surface area is 124 Å². The van der Waals surface area contributed by atoms with E-state index in [1.54, 1.807) is 11.0 Å². The minimum atomic E-state index is -0.426. The molecule has 2 rings (SSSR count). The van der Waals surface area contributed by atoms with Crippen LogP contribution in [0.1, 0.15) is 25.8 Å². The zero-order valence-corrected chi connectivity index (χ0v) is 12.5. The maximum Gasteiger partial charge on any atom is 0.269 e. The highest BCUT2D eigenvalue weighted by Gasteiger charge is 2.29. The van der Waals surface area contributed by atoms with Crippen LogP contribution in [0, 0.1) is 16.0 Å². The van der Waals surface area contributed by atoms with Crippen LogP contribution in [0.5, 0.6) is 0 Å². The van der Waals surface area contributed by atoms with E-state index >= 15 is 0 Å². The van der Waals surface area contributed by atoms with Gasteiger partial charge in [0.2, 0.25) is 5.91 Å². The third-order valence-corrected chi connectivity index (χ3v) is 3.62. The fraction of sp³-hybridized carbons (Fsp3) is 0.533. The van der Waals surface area contributed by atoms with Crippen LogP contribution in [0.3, 0.4) is 0 Å². The van der Waals surface area contributed by atoms with Crippen molar-refractivity contribution in [3.05, 3.63) is 33.9 Å². The number of fused-ring (bicyclic) bond motifs is 1. The van der Waals surface area contributed by atoms with Crippen LogP contribution in [-0.2, 0) is 11.2 Å². The van der Waals surface area contributed by atoms with E-state index in [1.165, 1.54) is 12.1 Å². The predicted octanol–water partition coefficient (Wildman–Crippen LogP) is 2.12. The van der Waals surface area contributed by atoms with Crippen LogP contribution in [-0.4, -0.2) is 30.5 Å². The monoisotopic (exact) mass is 291 g/mol. The van der Waals surface area contributed by atoms with Gasteiger partial charge in [-0.1, -0.05) is 13.8 Å². The highest BCUT2D eigenvalue weighted by molar-refractivity contribution is 6.01. The van der Waals surface area contributed by atoms with Crippen molar-refractivity contribution in [2.75, 3.05) is 24.5 Å². The summed E-state index contributed by atoms with van der Waals surface area (Å²) < 4.78 is 0. The van der Waals surface area contributed by atoms with Crippen LogP contribution >= 0.6 is 0 Å². The number of rotatable bonds is 7. The molecule has 21 heavy (non-hydrogen) atoms. The standard InChI is InChI=1S/C15H21N3O3/c1-3-6-16-9-11(2)10-17-14-5-4-13(18(20)21)7-12(14)8-15(17)19/h4-5,7,11,16H,3,6,8-10H2,1-2H3. The molecular weight excluding hydrogens is 270 g/mol. The molecule has 0 bridgehead atoms. The van der Waals surface area contributed by atoms with Crippen molar-refractivity contribution in [2.45, 2.75) is 26.7 Å². The average Bonchev–Trinajstić information content (AvgIpc) is 2.74. The number of carbonyl (C=O) groups is 1. The molecule has 1 aliphatic heterocycles. The van der Waals surface area contributed by atoms with Gasteiger partial charge < -0.3 is 10.2 Å². The third-order valence-electron chi connectivity index (χ3n) is 3.62. The molecule has 1 unspecified atom stereocenters. The summed E-state index contributed by atoms with van der Waals surface area (Å²) in [4.78, 5) is 24.2. The predicted molar refractivity (Wildman–Crippen MR) is 81.5 cm³/mol. The summed E-state index contributed by atoms with van der Waals surface area (Å²) in [6, 6.07) is 4.65. The largest absolute Gasteiger partial charge is 0.316 e. The summed E-state index contributed by atoms with van der Waals surface area (Å²) >= 11 is 0. The summed E-state index contributed by atoms with van der Waals surface area (Å²) in [5.74, 6) is 0.356. The summed E-state index contributed by atoms with van der Waals surface area (Å²) in [6.45, 7) is 6.69. The number of anilines is 1. The van der Waals surface area contributed by atoms with Crippen molar-refractivity contribution >= 4 is 17.3 Å². The van der Waals surface area contributed by atoms with Crippen molar-refractivity contribution in [3.8, 4) is 0 Å². The van der Waals surface area contributed by atoms with Gasteiger partial charge in [-0.2, -0.15) is 0 Å². The number of benzene rings is 1. The molecule has 1 heterocycles. The fourth-order valence-corrected chi connectivity index (χ4v) is 2.58. The van der Waals surface area contributed by atoms with Gasteiger partial charge in [-0.05, 0) is 37.1 Å². The SMILES string of the molecule is CCCNCC(C)CN1C(=O)Cc2cc([N+](=O)[O-])ccc21. The first-order chi connectivity index (χ1) is 10.0. The Bertz CT molecular complexity index is 545. The first-order valence-corrected chi connectivity index (χ1v) is 7.31. The maximum atomic E-state index is 12.1. The number of nitro groups is 1. The van der Waals surface area contributed by atoms with Crippen molar-refractivity contribution in [1.82, 2.24) is 5.32 Å². The Balaban J connectivity index is 2.06. The second-order valence-corrected chi connectivity index (χ2v) is 5.56. The van der Waals surface area contributed by atoms with E-state index in [2.05, 4.69) is 19.2 Å². The van der Waals surface area contributed by atoms with E-state index in [0.29, 0.717) is 12.5 Å². The molecule has 1 amide bonds. The molecular formula is C15H21N3O3. The van der Waals surface area contributed by atoms with Crippen LogP contribution in [0.2, 0.25) is 0 Å². The molecule has 0 saturated carbocycles. The van der Waals surface area contributed by atoms with Crippen LogP contribution < -0.4 is 10.2 Å². The van der Waals surface area contributed by atoms with E-state index in [-0.39, 0.29) is 18.0 Å². The number of hydrogen-bond acceptors (Lipinski definition) is 4. The molecule has 0 spiro atoms. The van der Waals surface area contributed by atoms with Gasteiger partial charge in [0.05, 0.1) is 11.3 Å². The Morgan fingerprint density at radius 2 is 2.24 bits per heavy atom. The molecule has 6 heteroatoms. The third kappa shape index (κ3) is 3.58. The van der Waals surface area contributed by atoms with E-state index in [4.69, 9.17) is 0 Å². The Morgan fingerprint density at radius 3 is 2.90 bits per heavy atom. The van der Waals surface area contributed by atoms with Crippen molar-refractivity contribution < 1.29 is 9.72 Å². The quantitative estimate of drug-likeness (QED) is 0.474. The smallest absolute Gasteiger partial charge is 0.269 e. The minimum Gasteiger partial charge on any atom is -0.316 e. The normalized spacial score (nSPS) is 15.1. The lowest BCUT2D eigenvalue weighted by molar-refractivity contribution is -0.384. The molecule has 0 saturated heterocycles. The highest BCUT2D eigenvalue weighted by atomic mass is 16.6. The lowest BCUT2D eigenvalue weighted by Crippen LogP contribution is -2.35. The topological polar surface area (TPSA) is 75.5 Å². The van der Waals surface area contributed by atoms with Gasteiger partial charge in [-0.15, -0.1) is 0 Å². The van der Waals surface area contributed by atoms with Gasteiger partial charge in [0.25, 0.3) is 5.69 Å². The molecule has 0 aliphatic carbocycles. The summed E-state index contributed by atoms with van der Waals surface area (Å²) in [7, 11) is 0. The Kier molecular flexibility index (Phi) is 4.90. The molecule has 1 aliphatic rings. The number of amides is 1. The number of non-ortho nitro benzene ring substituents is 1.